The maximum Gasteiger partial charge on any atom is 0.0576 e. The average molecular weight is 130 g/mol. The first-order chi connectivity index (χ1) is 4.35. The Morgan fingerprint density at radius 1 is 1.44 bits per heavy atom. The molecule has 0 saturated carbocycles. The van der Waals surface area contributed by atoms with E-state index in [1.807, 2.05) is 0 Å². The van der Waals surface area contributed by atoms with Gasteiger partial charge in [-0.05, 0) is 13.1 Å². The lowest BCUT2D eigenvalue weighted by atomic mass is 10.5. The molecular formula is C6H14N2O. The van der Waals surface area contributed by atoms with Crippen molar-refractivity contribution in [3.8, 4) is 0 Å². The summed E-state index contributed by atoms with van der Waals surface area (Å²) in [6.45, 7) is 6.90. The summed E-state index contributed by atoms with van der Waals surface area (Å²) in [6, 6.07) is 0. The smallest absolute Gasteiger partial charge is 0.0576 e. The molecule has 0 aliphatic rings. The molecule has 0 amide bonds. The van der Waals surface area contributed by atoms with Gasteiger partial charge in [-0.3, -0.25) is 4.90 Å². The molecule has 0 fully saturated rings. The third kappa shape index (κ3) is 3.97. The molecule has 1 N–H and O–H groups in total. The lowest BCUT2D eigenvalue weighted by molar-refractivity contribution is 0.309. The first-order valence-corrected chi connectivity index (χ1v) is 3.23. The van der Waals surface area contributed by atoms with Crippen LogP contribution in [0, 0.1) is 0 Å². The number of oxime groups is 1. The summed E-state index contributed by atoms with van der Waals surface area (Å²) >= 11 is 0. The predicted molar refractivity (Wildman–Crippen MR) is 38.1 cm³/mol. The van der Waals surface area contributed by atoms with Crippen molar-refractivity contribution in [2.75, 3.05) is 19.6 Å². The number of hydrogen-bond acceptors (Lipinski definition) is 3. The van der Waals surface area contributed by atoms with Crippen LogP contribution in [0.5, 0.6) is 0 Å². The minimum Gasteiger partial charge on any atom is -0.411 e. The molecule has 0 aliphatic carbocycles. The Labute approximate surface area is 56.0 Å². The summed E-state index contributed by atoms with van der Waals surface area (Å²) in [6.07, 6.45) is 1.49. The van der Waals surface area contributed by atoms with Gasteiger partial charge in [-0.2, -0.15) is 0 Å². The van der Waals surface area contributed by atoms with Crippen molar-refractivity contribution in [1.82, 2.24) is 4.90 Å². The molecule has 0 aromatic rings. The van der Waals surface area contributed by atoms with Crippen molar-refractivity contribution in [2.24, 2.45) is 5.16 Å². The standard InChI is InChI=1S/C6H14N2O/c1-3-8(4-2)6-5-7-9/h5,9H,3-4,6H2,1-2H3. The van der Waals surface area contributed by atoms with Crippen LogP contribution in [0.1, 0.15) is 13.8 Å². The molecule has 0 aromatic carbocycles. The van der Waals surface area contributed by atoms with Gasteiger partial charge < -0.3 is 5.21 Å². The zero-order chi connectivity index (χ0) is 7.11. The van der Waals surface area contributed by atoms with Gasteiger partial charge in [0.25, 0.3) is 0 Å². The number of rotatable bonds is 4. The van der Waals surface area contributed by atoms with Gasteiger partial charge in [-0.15, -0.1) is 5.16 Å². The highest BCUT2D eigenvalue weighted by Gasteiger charge is 1.92. The Morgan fingerprint density at radius 3 is 2.33 bits per heavy atom. The zero-order valence-electron chi connectivity index (χ0n) is 6.04. The third-order valence-electron chi connectivity index (χ3n) is 1.32. The molecule has 3 heteroatoms. The van der Waals surface area contributed by atoms with Crippen molar-refractivity contribution in [2.45, 2.75) is 13.8 Å². The first-order valence-electron chi connectivity index (χ1n) is 3.23. The van der Waals surface area contributed by atoms with E-state index >= 15 is 0 Å². The SMILES string of the molecule is CCN(CC)CC=NO. The summed E-state index contributed by atoms with van der Waals surface area (Å²) in [5.41, 5.74) is 0. The van der Waals surface area contributed by atoms with Crippen LogP contribution in [-0.2, 0) is 0 Å². The third-order valence-corrected chi connectivity index (χ3v) is 1.32. The number of hydrogen-bond donors (Lipinski definition) is 1. The first kappa shape index (κ1) is 8.43. The van der Waals surface area contributed by atoms with E-state index in [2.05, 4.69) is 23.9 Å². The summed E-state index contributed by atoms with van der Waals surface area (Å²) in [5, 5.41) is 11.0. The molecule has 0 saturated heterocycles. The minimum absolute atomic E-state index is 0.740. The van der Waals surface area contributed by atoms with E-state index in [0.29, 0.717) is 0 Å². The van der Waals surface area contributed by atoms with Gasteiger partial charge in [0, 0.05) is 6.54 Å². The molecule has 0 radical (unpaired) electrons. The normalized spacial score (nSPS) is 11.4. The van der Waals surface area contributed by atoms with Gasteiger partial charge in [-0.25, -0.2) is 0 Å². The van der Waals surface area contributed by atoms with Crippen LogP contribution in [-0.4, -0.2) is 36.0 Å². The van der Waals surface area contributed by atoms with E-state index in [1.165, 1.54) is 6.21 Å². The van der Waals surface area contributed by atoms with E-state index in [1.54, 1.807) is 0 Å². The lowest BCUT2D eigenvalue weighted by Gasteiger charge is -2.13. The Balaban J connectivity index is 3.31. The van der Waals surface area contributed by atoms with Gasteiger partial charge >= 0.3 is 0 Å². The summed E-state index contributed by atoms with van der Waals surface area (Å²) in [7, 11) is 0. The fraction of sp³-hybridized carbons (Fsp3) is 0.833. The molecule has 0 aliphatic heterocycles. The van der Waals surface area contributed by atoms with Crippen molar-refractivity contribution < 1.29 is 5.21 Å². The molecule has 0 bridgehead atoms. The van der Waals surface area contributed by atoms with Crippen LogP contribution in [0.3, 0.4) is 0 Å². The molecule has 0 rings (SSSR count). The van der Waals surface area contributed by atoms with Crippen LogP contribution in [0.25, 0.3) is 0 Å². The van der Waals surface area contributed by atoms with E-state index < -0.39 is 0 Å². The second-order valence-electron chi connectivity index (χ2n) is 1.78. The molecule has 0 heterocycles. The fourth-order valence-corrected chi connectivity index (χ4v) is 0.634. The zero-order valence-corrected chi connectivity index (χ0v) is 6.04. The van der Waals surface area contributed by atoms with E-state index in [0.717, 1.165) is 19.6 Å². The maximum atomic E-state index is 8.05. The second-order valence-corrected chi connectivity index (χ2v) is 1.78. The molecule has 0 aromatic heterocycles. The summed E-state index contributed by atoms with van der Waals surface area (Å²) < 4.78 is 0. The molecule has 54 valence electrons. The Morgan fingerprint density at radius 2 is 2.00 bits per heavy atom. The highest BCUT2D eigenvalue weighted by molar-refractivity contribution is 5.58. The van der Waals surface area contributed by atoms with Gasteiger partial charge in [0.1, 0.15) is 0 Å². The maximum absolute atomic E-state index is 8.05. The van der Waals surface area contributed by atoms with Gasteiger partial charge in [0.2, 0.25) is 0 Å². The van der Waals surface area contributed by atoms with Crippen LogP contribution in [0.4, 0.5) is 0 Å². The summed E-state index contributed by atoms with van der Waals surface area (Å²) in [4.78, 5) is 2.15. The van der Waals surface area contributed by atoms with Crippen LogP contribution in [0.15, 0.2) is 5.16 Å². The lowest BCUT2D eigenvalue weighted by Crippen LogP contribution is -2.24. The fourth-order valence-electron chi connectivity index (χ4n) is 0.634. The minimum atomic E-state index is 0.740. The largest absolute Gasteiger partial charge is 0.411 e. The van der Waals surface area contributed by atoms with Crippen LogP contribution >= 0.6 is 0 Å². The molecule has 9 heavy (non-hydrogen) atoms. The molecule has 0 atom stereocenters. The predicted octanol–water partition coefficient (Wildman–Crippen LogP) is 0.788. The Kier molecular flexibility index (Phi) is 5.21. The van der Waals surface area contributed by atoms with E-state index in [9.17, 15) is 0 Å². The van der Waals surface area contributed by atoms with Crippen molar-refractivity contribution in [3.05, 3.63) is 0 Å². The molecule has 0 spiro atoms. The highest BCUT2D eigenvalue weighted by Crippen LogP contribution is 1.81. The monoisotopic (exact) mass is 130 g/mol. The second kappa shape index (κ2) is 5.56. The molecule has 3 nitrogen and oxygen atoms in total. The quantitative estimate of drug-likeness (QED) is 0.347. The van der Waals surface area contributed by atoms with E-state index in [-0.39, 0.29) is 0 Å². The van der Waals surface area contributed by atoms with Crippen molar-refractivity contribution in [1.29, 1.82) is 0 Å². The Hall–Kier alpha value is -0.570. The average Bonchev–Trinajstić information content (AvgIpc) is 1.91. The van der Waals surface area contributed by atoms with Gasteiger partial charge in [-0.1, -0.05) is 13.8 Å². The van der Waals surface area contributed by atoms with E-state index in [4.69, 9.17) is 5.21 Å². The Bertz CT molecular complexity index is 79.1. The van der Waals surface area contributed by atoms with Gasteiger partial charge in [0.15, 0.2) is 0 Å². The topological polar surface area (TPSA) is 35.8 Å². The summed E-state index contributed by atoms with van der Waals surface area (Å²) in [5.74, 6) is 0. The van der Waals surface area contributed by atoms with Gasteiger partial charge in [0.05, 0.1) is 6.21 Å². The van der Waals surface area contributed by atoms with Crippen LogP contribution in [0.2, 0.25) is 0 Å². The van der Waals surface area contributed by atoms with Crippen LogP contribution < -0.4 is 0 Å². The van der Waals surface area contributed by atoms with Crippen molar-refractivity contribution >= 4 is 6.21 Å². The number of nitrogens with zero attached hydrogens (tertiary/aromatic N) is 2. The molecule has 0 unspecified atom stereocenters. The molecular weight excluding hydrogens is 116 g/mol. The van der Waals surface area contributed by atoms with Crippen molar-refractivity contribution in [3.63, 3.8) is 0 Å². The highest BCUT2D eigenvalue weighted by atomic mass is 16.4.